The third-order valence-electron chi connectivity index (χ3n) is 2.72. The van der Waals surface area contributed by atoms with Gasteiger partial charge in [-0.2, -0.15) is 0 Å². The SMILES string of the molecule is NC(=O)c1cc2c(s1)-c1ccc(Cl)c(Cl)c1OC2. The van der Waals surface area contributed by atoms with Gasteiger partial charge in [-0.25, -0.2) is 0 Å². The molecule has 3 rings (SSSR count). The third-order valence-corrected chi connectivity index (χ3v) is 4.73. The van der Waals surface area contributed by atoms with Crippen LogP contribution in [0.25, 0.3) is 10.4 Å². The second-order valence-electron chi connectivity index (χ2n) is 3.86. The molecule has 1 aliphatic rings. The first-order chi connectivity index (χ1) is 8.58. The van der Waals surface area contributed by atoms with Gasteiger partial charge in [0.2, 0.25) is 0 Å². The first-order valence-corrected chi connectivity index (χ1v) is 6.69. The molecular formula is C12H7Cl2NO2S. The van der Waals surface area contributed by atoms with Crippen LogP contribution in [0.1, 0.15) is 15.2 Å². The van der Waals surface area contributed by atoms with E-state index >= 15 is 0 Å². The molecule has 1 aromatic heterocycles. The number of halogens is 2. The molecular weight excluding hydrogens is 293 g/mol. The summed E-state index contributed by atoms with van der Waals surface area (Å²) >= 11 is 13.4. The zero-order valence-corrected chi connectivity index (χ0v) is 11.3. The highest BCUT2D eigenvalue weighted by Gasteiger charge is 2.24. The van der Waals surface area contributed by atoms with Crippen LogP contribution >= 0.6 is 34.5 Å². The molecule has 92 valence electrons. The van der Waals surface area contributed by atoms with Gasteiger partial charge in [0.05, 0.1) is 9.90 Å². The largest absolute Gasteiger partial charge is 0.487 e. The lowest BCUT2D eigenvalue weighted by molar-refractivity contribution is 0.100. The van der Waals surface area contributed by atoms with Crippen molar-refractivity contribution in [1.29, 1.82) is 0 Å². The number of benzene rings is 1. The number of carbonyl (C=O) groups excluding carboxylic acids is 1. The fourth-order valence-corrected chi connectivity index (χ4v) is 3.30. The number of fused-ring (bicyclic) bond motifs is 3. The lowest BCUT2D eigenvalue weighted by Gasteiger charge is -2.19. The maximum absolute atomic E-state index is 11.2. The summed E-state index contributed by atoms with van der Waals surface area (Å²) in [5, 5.41) is 0.847. The Bertz CT molecular complexity index is 666. The average Bonchev–Trinajstić information content (AvgIpc) is 2.77. The van der Waals surface area contributed by atoms with Crippen LogP contribution in [0.5, 0.6) is 5.75 Å². The van der Waals surface area contributed by atoms with Crippen LogP contribution in [0.4, 0.5) is 0 Å². The molecule has 2 aromatic rings. The zero-order valence-electron chi connectivity index (χ0n) is 9.00. The number of primary amides is 1. The van der Waals surface area contributed by atoms with E-state index in [0.717, 1.165) is 16.0 Å². The van der Waals surface area contributed by atoms with Gasteiger partial charge in [-0.05, 0) is 18.2 Å². The lowest BCUT2D eigenvalue weighted by atomic mass is 10.1. The summed E-state index contributed by atoms with van der Waals surface area (Å²) in [6.07, 6.45) is 0. The highest BCUT2D eigenvalue weighted by atomic mass is 35.5. The summed E-state index contributed by atoms with van der Waals surface area (Å²) in [6, 6.07) is 5.31. The molecule has 0 saturated carbocycles. The van der Waals surface area contributed by atoms with Gasteiger partial charge in [0, 0.05) is 16.0 Å². The molecule has 0 unspecified atom stereocenters. The van der Waals surface area contributed by atoms with Gasteiger partial charge in [-0.1, -0.05) is 23.2 Å². The molecule has 0 saturated heterocycles. The number of amides is 1. The van der Waals surface area contributed by atoms with Gasteiger partial charge in [0.1, 0.15) is 17.4 Å². The molecule has 0 spiro atoms. The van der Waals surface area contributed by atoms with E-state index in [4.69, 9.17) is 33.7 Å². The Morgan fingerprint density at radius 2 is 2.17 bits per heavy atom. The summed E-state index contributed by atoms with van der Waals surface area (Å²) < 4.78 is 5.59. The van der Waals surface area contributed by atoms with Crippen LogP contribution in [0, 0.1) is 0 Å². The van der Waals surface area contributed by atoms with Crippen molar-refractivity contribution in [2.75, 3.05) is 0 Å². The summed E-state index contributed by atoms with van der Waals surface area (Å²) in [7, 11) is 0. The van der Waals surface area contributed by atoms with Crippen molar-refractivity contribution in [3.05, 3.63) is 38.7 Å². The molecule has 1 amide bonds. The molecule has 6 heteroatoms. The van der Waals surface area contributed by atoms with Gasteiger partial charge in [-0.15, -0.1) is 11.3 Å². The predicted octanol–water partition coefficient (Wildman–Crippen LogP) is 3.71. The normalized spacial score (nSPS) is 12.6. The zero-order chi connectivity index (χ0) is 12.9. The van der Waals surface area contributed by atoms with Crippen LogP contribution in [-0.2, 0) is 6.61 Å². The van der Waals surface area contributed by atoms with E-state index in [1.807, 2.05) is 6.07 Å². The van der Waals surface area contributed by atoms with E-state index in [2.05, 4.69) is 0 Å². The molecule has 18 heavy (non-hydrogen) atoms. The van der Waals surface area contributed by atoms with E-state index in [0.29, 0.717) is 27.3 Å². The minimum absolute atomic E-state index is 0.367. The van der Waals surface area contributed by atoms with Crippen molar-refractivity contribution in [3.63, 3.8) is 0 Å². The predicted molar refractivity (Wildman–Crippen MR) is 72.6 cm³/mol. The Hall–Kier alpha value is -1.23. The van der Waals surface area contributed by atoms with Crippen molar-refractivity contribution < 1.29 is 9.53 Å². The highest BCUT2D eigenvalue weighted by Crippen LogP contribution is 2.47. The molecule has 0 atom stereocenters. The fraction of sp³-hybridized carbons (Fsp3) is 0.0833. The Labute approximate surface area is 117 Å². The Kier molecular flexibility index (Phi) is 2.73. The van der Waals surface area contributed by atoms with E-state index < -0.39 is 5.91 Å². The summed E-state index contributed by atoms with van der Waals surface area (Å²) in [5.41, 5.74) is 7.08. The second kappa shape index (κ2) is 4.16. The van der Waals surface area contributed by atoms with Crippen molar-refractivity contribution in [3.8, 4) is 16.2 Å². The Balaban J connectivity index is 2.23. The van der Waals surface area contributed by atoms with Gasteiger partial charge in [-0.3, -0.25) is 4.79 Å². The number of hydrogen-bond donors (Lipinski definition) is 1. The van der Waals surface area contributed by atoms with Crippen LogP contribution in [0.15, 0.2) is 18.2 Å². The second-order valence-corrected chi connectivity index (χ2v) is 5.69. The van der Waals surface area contributed by atoms with Crippen LogP contribution in [-0.4, -0.2) is 5.91 Å². The first-order valence-electron chi connectivity index (χ1n) is 5.11. The van der Waals surface area contributed by atoms with Crippen LogP contribution in [0.3, 0.4) is 0 Å². The summed E-state index contributed by atoms with van der Waals surface area (Å²) in [5.74, 6) is 0.130. The number of nitrogens with two attached hydrogens (primary N) is 1. The van der Waals surface area contributed by atoms with E-state index in [9.17, 15) is 4.79 Å². The smallest absolute Gasteiger partial charge is 0.258 e. The maximum atomic E-state index is 11.2. The standard InChI is InChI=1S/C12H7Cl2NO2S/c13-7-2-1-6-10(9(7)14)17-4-5-3-8(12(15)16)18-11(5)6/h1-3H,4H2,(H2,15,16). The molecule has 1 aromatic carbocycles. The van der Waals surface area contributed by atoms with Crippen molar-refractivity contribution in [2.45, 2.75) is 6.61 Å². The monoisotopic (exact) mass is 299 g/mol. The number of ether oxygens (including phenoxy) is 1. The number of thiophene rings is 1. The highest BCUT2D eigenvalue weighted by molar-refractivity contribution is 7.17. The lowest BCUT2D eigenvalue weighted by Crippen LogP contribution is -2.08. The molecule has 2 N–H and O–H groups in total. The molecule has 0 bridgehead atoms. The molecule has 1 aliphatic heterocycles. The summed E-state index contributed by atoms with van der Waals surface area (Å²) in [4.78, 5) is 12.7. The van der Waals surface area contributed by atoms with Crippen molar-refractivity contribution in [1.82, 2.24) is 0 Å². The quantitative estimate of drug-likeness (QED) is 0.872. The molecule has 0 radical (unpaired) electrons. The first kappa shape index (κ1) is 11.8. The van der Waals surface area contributed by atoms with E-state index in [1.165, 1.54) is 11.3 Å². The minimum Gasteiger partial charge on any atom is -0.487 e. The number of carbonyl (C=O) groups is 1. The van der Waals surface area contributed by atoms with Crippen molar-refractivity contribution in [2.24, 2.45) is 5.73 Å². The van der Waals surface area contributed by atoms with E-state index in [-0.39, 0.29) is 0 Å². The Morgan fingerprint density at radius 3 is 2.89 bits per heavy atom. The fourth-order valence-electron chi connectivity index (χ4n) is 1.89. The van der Waals surface area contributed by atoms with Gasteiger partial charge in [0.15, 0.2) is 0 Å². The van der Waals surface area contributed by atoms with Gasteiger partial charge >= 0.3 is 0 Å². The van der Waals surface area contributed by atoms with Crippen molar-refractivity contribution >= 4 is 40.4 Å². The van der Waals surface area contributed by atoms with Gasteiger partial charge in [0.25, 0.3) is 5.91 Å². The minimum atomic E-state index is -0.434. The topological polar surface area (TPSA) is 52.3 Å². The molecule has 0 fully saturated rings. The number of rotatable bonds is 1. The third kappa shape index (κ3) is 1.68. The van der Waals surface area contributed by atoms with E-state index in [1.54, 1.807) is 12.1 Å². The molecule has 2 heterocycles. The Morgan fingerprint density at radius 1 is 1.39 bits per heavy atom. The molecule has 3 nitrogen and oxygen atoms in total. The number of hydrogen-bond acceptors (Lipinski definition) is 3. The summed E-state index contributed by atoms with van der Waals surface area (Å²) in [6.45, 7) is 0.367. The van der Waals surface area contributed by atoms with Crippen LogP contribution < -0.4 is 10.5 Å². The average molecular weight is 300 g/mol. The van der Waals surface area contributed by atoms with Gasteiger partial charge < -0.3 is 10.5 Å². The molecule has 0 aliphatic carbocycles. The van der Waals surface area contributed by atoms with Crippen LogP contribution in [0.2, 0.25) is 10.0 Å². The maximum Gasteiger partial charge on any atom is 0.258 e.